The van der Waals surface area contributed by atoms with E-state index < -0.39 is 0 Å². The Labute approximate surface area is 121 Å². The molecule has 3 heterocycles. The molecule has 1 fully saturated rings. The number of H-pyrrole nitrogens is 1. The molecule has 106 valence electrons. The summed E-state index contributed by atoms with van der Waals surface area (Å²) in [5.74, 6) is 1.35. The average Bonchev–Trinajstić information content (AvgIpc) is 2.86. The van der Waals surface area contributed by atoms with Crippen LogP contribution < -0.4 is 10.5 Å². The molecule has 0 bridgehead atoms. The molecule has 2 aromatic heterocycles. The molecule has 3 rings (SSSR count). The molecule has 0 aromatic carbocycles. The van der Waals surface area contributed by atoms with Gasteiger partial charge in [0.2, 0.25) is 0 Å². The highest BCUT2D eigenvalue weighted by molar-refractivity contribution is 6.28. The number of hydrogen-bond donors (Lipinski definition) is 1. The lowest BCUT2D eigenvalue weighted by Gasteiger charge is -2.34. The lowest BCUT2D eigenvalue weighted by atomic mass is 10.3. The molecule has 20 heavy (non-hydrogen) atoms. The molecule has 0 radical (unpaired) electrons. The molecular weight excluding hydrogens is 280 g/mol. The summed E-state index contributed by atoms with van der Waals surface area (Å²) in [5.41, 5.74) is -0.140. The van der Waals surface area contributed by atoms with Crippen molar-refractivity contribution in [2.75, 3.05) is 31.1 Å². The number of halogens is 1. The average molecular weight is 295 g/mol. The molecule has 0 atom stereocenters. The van der Waals surface area contributed by atoms with E-state index in [2.05, 4.69) is 14.9 Å². The van der Waals surface area contributed by atoms with Crippen molar-refractivity contribution < 1.29 is 4.42 Å². The Hall–Kier alpha value is -1.79. The molecule has 6 nitrogen and oxygen atoms in total. The van der Waals surface area contributed by atoms with Crippen LogP contribution in [0.1, 0.15) is 5.76 Å². The third-order valence-electron chi connectivity index (χ3n) is 3.37. The van der Waals surface area contributed by atoms with Crippen molar-refractivity contribution in [1.29, 1.82) is 0 Å². The van der Waals surface area contributed by atoms with Crippen LogP contribution in [0.4, 0.5) is 5.82 Å². The number of rotatable bonds is 3. The largest absolute Gasteiger partial charge is 0.448 e. The summed E-state index contributed by atoms with van der Waals surface area (Å²) in [6.07, 6.45) is 3.15. The van der Waals surface area contributed by atoms with Crippen molar-refractivity contribution in [3.05, 3.63) is 45.9 Å². The van der Waals surface area contributed by atoms with Crippen molar-refractivity contribution in [1.82, 2.24) is 14.9 Å². The van der Waals surface area contributed by atoms with Gasteiger partial charge >= 0.3 is 0 Å². The monoisotopic (exact) mass is 294 g/mol. The second-order valence-electron chi connectivity index (χ2n) is 4.71. The molecule has 7 heteroatoms. The van der Waals surface area contributed by atoms with Crippen LogP contribution in [0.25, 0.3) is 0 Å². The zero-order valence-corrected chi connectivity index (χ0v) is 11.6. The van der Waals surface area contributed by atoms with Gasteiger partial charge in [0, 0.05) is 38.6 Å². The molecule has 1 aliphatic heterocycles. The van der Waals surface area contributed by atoms with Crippen LogP contribution in [0.2, 0.25) is 5.22 Å². The molecule has 1 aliphatic rings. The predicted molar refractivity (Wildman–Crippen MR) is 76.1 cm³/mol. The van der Waals surface area contributed by atoms with Crippen LogP contribution in [0.15, 0.2) is 33.7 Å². The van der Waals surface area contributed by atoms with E-state index in [1.165, 1.54) is 0 Å². The van der Waals surface area contributed by atoms with Gasteiger partial charge in [-0.2, -0.15) is 0 Å². The van der Waals surface area contributed by atoms with E-state index in [1.54, 1.807) is 18.5 Å². The van der Waals surface area contributed by atoms with Crippen LogP contribution >= 0.6 is 11.6 Å². The van der Waals surface area contributed by atoms with E-state index in [1.807, 2.05) is 11.0 Å². The van der Waals surface area contributed by atoms with Gasteiger partial charge in [-0.1, -0.05) is 0 Å². The molecule has 0 spiro atoms. The van der Waals surface area contributed by atoms with E-state index in [0.717, 1.165) is 38.5 Å². The van der Waals surface area contributed by atoms with Crippen LogP contribution in [-0.4, -0.2) is 41.0 Å². The third kappa shape index (κ3) is 2.86. The van der Waals surface area contributed by atoms with Crippen molar-refractivity contribution in [3.8, 4) is 0 Å². The first-order valence-electron chi connectivity index (χ1n) is 6.47. The maximum atomic E-state index is 11.7. The van der Waals surface area contributed by atoms with Crippen molar-refractivity contribution in [2.24, 2.45) is 0 Å². The lowest BCUT2D eigenvalue weighted by Crippen LogP contribution is -2.47. The minimum atomic E-state index is -0.140. The highest BCUT2D eigenvalue weighted by Gasteiger charge is 2.20. The van der Waals surface area contributed by atoms with Crippen molar-refractivity contribution in [3.63, 3.8) is 0 Å². The number of nitrogens with zero attached hydrogens (tertiary/aromatic N) is 3. The number of nitrogens with one attached hydrogen (secondary N) is 1. The van der Waals surface area contributed by atoms with E-state index in [-0.39, 0.29) is 5.56 Å². The Bertz CT molecular complexity index is 631. The summed E-state index contributed by atoms with van der Waals surface area (Å²) in [7, 11) is 0. The summed E-state index contributed by atoms with van der Waals surface area (Å²) >= 11 is 5.76. The molecule has 0 aliphatic carbocycles. The van der Waals surface area contributed by atoms with E-state index in [9.17, 15) is 4.79 Å². The maximum absolute atomic E-state index is 11.7. The van der Waals surface area contributed by atoms with E-state index >= 15 is 0 Å². The molecule has 0 saturated carbocycles. The first-order chi connectivity index (χ1) is 9.72. The quantitative estimate of drug-likeness (QED) is 0.925. The molecule has 0 amide bonds. The van der Waals surface area contributed by atoms with Gasteiger partial charge in [-0.15, -0.1) is 0 Å². The first-order valence-corrected chi connectivity index (χ1v) is 6.85. The van der Waals surface area contributed by atoms with Gasteiger partial charge in [-0.05, 0) is 23.7 Å². The first kappa shape index (κ1) is 13.2. The smallest absolute Gasteiger partial charge is 0.290 e. The van der Waals surface area contributed by atoms with Crippen LogP contribution in [0.5, 0.6) is 0 Å². The summed E-state index contributed by atoms with van der Waals surface area (Å²) < 4.78 is 5.36. The van der Waals surface area contributed by atoms with Crippen LogP contribution in [-0.2, 0) is 6.54 Å². The van der Waals surface area contributed by atoms with E-state index in [4.69, 9.17) is 16.0 Å². The Morgan fingerprint density at radius 3 is 2.75 bits per heavy atom. The summed E-state index contributed by atoms with van der Waals surface area (Å²) in [4.78, 5) is 22.8. The Morgan fingerprint density at radius 2 is 2.10 bits per heavy atom. The number of anilines is 1. The number of piperazine rings is 1. The lowest BCUT2D eigenvalue weighted by molar-refractivity contribution is 0.230. The van der Waals surface area contributed by atoms with Gasteiger partial charge in [0.25, 0.3) is 5.56 Å². The number of hydrogen-bond acceptors (Lipinski definition) is 5. The fourth-order valence-electron chi connectivity index (χ4n) is 2.34. The number of furan rings is 1. The van der Waals surface area contributed by atoms with Gasteiger partial charge < -0.3 is 14.3 Å². The Kier molecular flexibility index (Phi) is 3.75. The maximum Gasteiger partial charge on any atom is 0.290 e. The predicted octanol–water partition coefficient (Wildman–Crippen LogP) is 1.34. The zero-order valence-electron chi connectivity index (χ0n) is 10.9. The highest BCUT2D eigenvalue weighted by Crippen LogP contribution is 2.16. The molecular formula is C13H15ClN4O2. The van der Waals surface area contributed by atoms with Gasteiger partial charge in [0.05, 0.1) is 6.54 Å². The zero-order chi connectivity index (χ0) is 13.9. The topological polar surface area (TPSA) is 65.4 Å². The minimum absolute atomic E-state index is 0.140. The van der Waals surface area contributed by atoms with Crippen LogP contribution in [0.3, 0.4) is 0 Å². The SMILES string of the molecule is O=c1[nH]ccnc1N1CCN(Cc2ccc(Cl)o2)CC1. The molecule has 2 aromatic rings. The molecule has 0 unspecified atom stereocenters. The van der Waals surface area contributed by atoms with Crippen molar-refractivity contribution in [2.45, 2.75) is 6.54 Å². The summed E-state index contributed by atoms with van der Waals surface area (Å²) in [6, 6.07) is 3.64. The highest BCUT2D eigenvalue weighted by atomic mass is 35.5. The minimum Gasteiger partial charge on any atom is -0.448 e. The summed E-state index contributed by atoms with van der Waals surface area (Å²) in [5, 5.41) is 0.415. The van der Waals surface area contributed by atoms with Crippen LogP contribution in [0, 0.1) is 0 Å². The summed E-state index contributed by atoms with van der Waals surface area (Å²) in [6.45, 7) is 3.99. The standard InChI is InChI=1S/C13H15ClN4O2/c14-11-2-1-10(20-11)9-17-5-7-18(8-6-17)12-13(19)16-4-3-15-12/h1-4H,5-9H2,(H,16,19). The van der Waals surface area contributed by atoms with Gasteiger partial charge in [0.15, 0.2) is 11.0 Å². The van der Waals surface area contributed by atoms with Gasteiger partial charge in [-0.25, -0.2) is 4.98 Å². The number of aromatic amines is 1. The van der Waals surface area contributed by atoms with Gasteiger partial charge in [-0.3, -0.25) is 9.69 Å². The Morgan fingerprint density at radius 1 is 1.30 bits per heavy atom. The second-order valence-corrected chi connectivity index (χ2v) is 5.08. The van der Waals surface area contributed by atoms with Gasteiger partial charge in [0.1, 0.15) is 5.76 Å². The Balaban J connectivity index is 1.60. The normalized spacial score (nSPS) is 16.6. The molecule has 1 N–H and O–H groups in total. The third-order valence-corrected chi connectivity index (χ3v) is 3.57. The second kappa shape index (κ2) is 5.68. The fourth-order valence-corrected chi connectivity index (χ4v) is 2.51. The van der Waals surface area contributed by atoms with E-state index in [0.29, 0.717) is 11.0 Å². The number of aromatic nitrogens is 2. The fraction of sp³-hybridized carbons (Fsp3) is 0.385. The van der Waals surface area contributed by atoms with Crippen molar-refractivity contribution >= 4 is 17.4 Å². The molecule has 1 saturated heterocycles.